The third kappa shape index (κ3) is 4.76. The molecule has 0 bridgehead atoms. The second-order valence-corrected chi connectivity index (χ2v) is 6.57. The molecule has 20 heavy (non-hydrogen) atoms. The van der Waals surface area contributed by atoms with Crippen molar-refractivity contribution in [2.45, 2.75) is 33.7 Å². The monoisotopic (exact) mass is 277 g/mol. The Balaban J connectivity index is 1.90. The van der Waals surface area contributed by atoms with Gasteiger partial charge < -0.3 is 15.0 Å². The molecule has 1 fully saturated rings. The van der Waals surface area contributed by atoms with Gasteiger partial charge >= 0.3 is 0 Å². The summed E-state index contributed by atoms with van der Waals surface area (Å²) < 4.78 is 5.41. The molecule has 1 aliphatic rings. The van der Waals surface area contributed by atoms with E-state index in [9.17, 15) is 0 Å². The van der Waals surface area contributed by atoms with E-state index < -0.39 is 0 Å². The molecule has 0 saturated carbocycles. The smallest absolute Gasteiger partial charge is 0.133 e. The third-order valence-corrected chi connectivity index (χ3v) is 3.55. The Labute approximate surface area is 122 Å². The number of rotatable bonds is 5. The van der Waals surface area contributed by atoms with Gasteiger partial charge in [0.1, 0.15) is 5.82 Å². The van der Waals surface area contributed by atoms with Crippen molar-refractivity contribution in [2.24, 2.45) is 5.41 Å². The van der Waals surface area contributed by atoms with Gasteiger partial charge in [-0.15, -0.1) is 0 Å². The minimum Gasteiger partial charge on any atom is -0.378 e. The standard InChI is InChI=1S/C16H27N3O/c1-16(2,3)6-8-17-13-14-5-4-7-18-15(14)19-9-11-20-12-10-19/h4-5,7,17H,6,8-13H2,1-3H3. The van der Waals surface area contributed by atoms with Crippen molar-refractivity contribution in [2.75, 3.05) is 37.7 Å². The van der Waals surface area contributed by atoms with Gasteiger partial charge in [0.15, 0.2) is 0 Å². The van der Waals surface area contributed by atoms with E-state index in [1.165, 1.54) is 12.0 Å². The fourth-order valence-corrected chi connectivity index (χ4v) is 2.31. The van der Waals surface area contributed by atoms with Gasteiger partial charge in [0, 0.05) is 31.4 Å². The lowest BCUT2D eigenvalue weighted by Gasteiger charge is -2.29. The largest absolute Gasteiger partial charge is 0.378 e. The molecule has 1 aromatic heterocycles. The van der Waals surface area contributed by atoms with Crippen molar-refractivity contribution in [1.82, 2.24) is 10.3 Å². The number of nitrogens with zero attached hydrogens (tertiary/aromatic N) is 2. The van der Waals surface area contributed by atoms with E-state index in [-0.39, 0.29) is 0 Å². The molecule has 4 heteroatoms. The number of ether oxygens (including phenoxy) is 1. The highest BCUT2D eigenvalue weighted by atomic mass is 16.5. The predicted octanol–water partition coefficient (Wildman–Crippen LogP) is 2.44. The van der Waals surface area contributed by atoms with Crippen molar-refractivity contribution < 1.29 is 4.74 Å². The van der Waals surface area contributed by atoms with Crippen LogP contribution in [-0.4, -0.2) is 37.8 Å². The van der Waals surface area contributed by atoms with E-state index in [2.05, 4.69) is 42.0 Å². The molecule has 0 amide bonds. The van der Waals surface area contributed by atoms with E-state index >= 15 is 0 Å². The molecule has 0 unspecified atom stereocenters. The van der Waals surface area contributed by atoms with Gasteiger partial charge in [-0.2, -0.15) is 0 Å². The Morgan fingerprint density at radius 1 is 1.30 bits per heavy atom. The van der Waals surface area contributed by atoms with E-state index in [0.29, 0.717) is 5.41 Å². The lowest BCUT2D eigenvalue weighted by atomic mass is 9.92. The van der Waals surface area contributed by atoms with Crippen molar-refractivity contribution in [1.29, 1.82) is 0 Å². The Morgan fingerprint density at radius 3 is 2.75 bits per heavy atom. The van der Waals surface area contributed by atoms with Crippen molar-refractivity contribution in [3.8, 4) is 0 Å². The molecule has 1 N–H and O–H groups in total. The van der Waals surface area contributed by atoms with Crippen LogP contribution in [-0.2, 0) is 11.3 Å². The highest BCUT2D eigenvalue weighted by Crippen LogP contribution is 2.19. The number of nitrogens with one attached hydrogen (secondary N) is 1. The maximum absolute atomic E-state index is 5.41. The molecular weight excluding hydrogens is 250 g/mol. The molecule has 4 nitrogen and oxygen atoms in total. The van der Waals surface area contributed by atoms with Gasteiger partial charge in [0.25, 0.3) is 0 Å². The highest BCUT2D eigenvalue weighted by molar-refractivity contribution is 5.46. The number of morpholine rings is 1. The molecule has 1 saturated heterocycles. The lowest BCUT2D eigenvalue weighted by molar-refractivity contribution is 0.122. The maximum Gasteiger partial charge on any atom is 0.133 e. The summed E-state index contributed by atoms with van der Waals surface area (Å²) >= 11 is 0. The Hall–Kier alpha value is -1.13. The third-order valence-electron chi connectivity index (χ3n) is 3.55. The molecule has 2 rings (SSSR count). The fraction of sp³-hybridized carbons (Fsp3) is 0.688. The topological polar surface area (TPSA) is 37.4 Å². The van der Waals surface area contributed by atoms with Crippen molar-refractivity contribution in [3.05, 3.63) is 23.9 Å². The van der Waals surface area contributed by atoms with Gasteiger partial charge in [0.05, 0.1) is 13.2 Å². The number of aromatic nitrogens is 1. The van der Waals surface area contributed by atoms with Crippen molar-refractivity contribution >= 4 is 5.82 Å². The molecule has 0 spiro atoms. The van der Waals surface area contributed by atoms with Crippen molar-refractivity contribution in [3.63, 3.8) is 0 Å². The fourth-order valence-electron chi connectivity index (χ4n) is 2.31. The van der Waals surface area contributed by atoms with Crippen LogP contribution in [0.4, 0.5) is 5.82 Å². The SMILES string of the molecule is CC(C)(C)CCNCc1cccnc1N1CCOCC1. The van der Waals surface area contributed by atoms with E-state index in [4.69, 9.17) is 4.74 Å². The van der Waals surface area contributed by atoms with Gasteiger partial charge in [-0.1, -0.05) is 26.8 Å². The number of hydrogen-bond acceptors (Lipinski definition) is 4. The van der Waals surface area contributed by atoms with Crippen LogP contribution >= 0.6 is 0 Å². The summed E-state index contributed by atoms with van der Waals surface area (Å²) in [7, 11) is 0. The summed E-state index contributed by atoms with van der Waals surface area (Å²) in [5.74, 6) is 1.11. The lowest BCUT2D eigenvalue weighted by Crippen LogP contribution is -2.37. The molecule has 112 valence electrons. The molecular formula is C16H27N3O. The summed E-state index contributed by atoms with van der Waals surface area (Å²) in [6.07, 6.45) is 3.06. The predicted molar refractivity (Wildman–Crippen MR) is 83.0 cm³/mol. The first-order chi connectivity index (χ1) is 9.56. The first-order valence-electron chi connectivity index (χ1n) is 7.53. The van der Waals surface area contributed by atoms with Gasteiger partial charge in [0.2, 0.25) is 0 Å². The molecule has 0 atom stereocenters. The van der Waals surface area contributed by atoms with Crippen LogP contribution in [0.25, 0.3) is 0 Å². The number of pyridine rings is 1. The summed E-state index contributed by atoms with van der Waals surface area (Å²) in [5.41, 5.74) is 1.66. The van der Waals surface area contributed by atoms with Crippen LogP contribution in [0.1, 0.15) is 32.8 Å². The van der Waals surface area contributed by atoms with Crippen LogP contribution in [0.2, 0.25) is 0 Å². The minimum atomic E-state index is 0.384. The van der Waals surface area contributed by atoms with Crippen LogP contribution in [0.3, 0.4) is 0 Å². The first kappa shape index (κ1) is 15.3. The van der Waals surface area contributed by atoms with Crippen LogP contribution < -0.4 is 10.2 Å². The summed E-state index contributed by atoms with van der Waals surface area (Å²) in [5, 5.41) is 3.54. The summed E-state index contributed by atoms with van der Waals surface area (Å²) in [4.78, 5) is 6.88. The highest BCUT2D eigenvalue weighted by Gasteiger charge is 2.15. The second-order valence-electron chi connectivity index (χ2n) is 6.57. The normalized spacial score (nSPS) is 16.4. The van der Waals surface area contributed by atoms with E-state index in [1.54, 1.807) is 0 Å². The Bertz CT molecular complexity index is 408. The summed E-state index contributed by atoms with van der Waals surface area (Å²) in [6, 6.07) is 4.19. The van der Waals surface area contributed by atoms with Crippen LogP contribution in [0.15, 0.2) is 18.3 Å². The zero-order chi connectivity index (χ0) is 14.4. The van der Waals surface area contributed by atoms with Gasteiger partial charge in [-0.05, 0) is 24.4 Å². The van der Waals surface area contributed by atoms with Gasteiger partial charge in [-0.25, -0.2) is 4.98 Å². The average molecular weight is 277 g/mol. The molecule has 1 aliphatic heterocycles. The molecule has 0 aliphatic carbocycles. The number of anilines is 1. The molecule has 2 heterocycles. The Kier molecular flexibility index (Phi) is 5.38. The van der Waals surface area contributed by atoms with Gasteiger partial charge in [-0.3, -0.25) is 0 Å². The molecule has 0 radical (unpaired) electrons. The quantitative estimate of drug-likeness (QED) is 0.839. The van der Waals surface area contributed by atoms with E-state index in [0.717, 1.165) is 45.2 Å². The Morgan fingerprint density at radius 2 is 2.05 bits per heavy atom. The zero-order valence-corrected chi connectivity index (χ0v) is 13.0. The average Bonchev–Trinajstić information content (AvgIpc) is 2.44. The number of hydrogen-bond donors (Lipinski definition) is 1. The first-order valence-corrected chi connectivity index (χ1v) is 7.53. The molecule has 0 aromatic carbocycles. The molecule has 1 aromatic rings. The summed E-state index contributed by atoms with van der Waals surface area (Å²) in [6.45, 7) is 12.2. The van der Waals surface area contributed by atoms with Crippen LogP contribution in [0.5, 0.6) is 0 Å². The maximum atomic E-state index is 5.41. The van der Waals surface area contributed by atoms with Crippen LogP contribution in [0, 0.1) is 5.41 Å². The second kappa shape index (κ2) is 7.04. The van der Waals surface area contributed by atoms with E-state index in [1.807, 2.05) is 12.3 Å². The zero-order valence-electron chi connectivity index (χ0n) is 13.0. The minimum absolute atomic E-state index is 0.384.